The zero-order valence-electron chi connectivity index (χ0n) is 13.2. The molecule has 1 saturated heterocycles. The second-order valence-corrected chi connectivity index (χ2v) is 6.97. The van der Waals surface area contributed by atoms with Crippen molar-refractivity contribution in [2.45, 2.75) is 64.3 Å². The summed E-state index contributed by atoms with van der Waals surface area (Å²) in [6.45, 7) is 4.19. The highest BCUT2D eigenvalue weighted by Gasteiger charge is 2.24. The predicted molar refractivity (Wildman–Crippen MR) is 85.2 cm³/mol. The number of rotatable bonds is 4. The Bertz CT molecular complexity index is 428. The van der Waals surface area contributed by atoms with Gasteiger partial charge >= 0.3 is 0 Å². The van der Waals surface area contributed by atoms with E-state index in [2.05, 4.69) is 22.0 Å². The normalized spacial score (nSPS) is 23.4. The van der Waals surface area contributed by atoms with Gasteiger partial charge in [0.15, 0.2) is 0 Å². The zero-order valence-corrected chi connectivity index (χ0v) is 13.2. The molecule has 118 valence electrons. The molecule has 1 aliphatic heterocycles. The maximum Gasteiger partial charge on any atom is 0.244 e. The van der Waals surface area contributed by atoms with Gasteiger partial charge in [-0.05, 0) is 31.6 Å². The Labute approximate surface area is 127 Å². The summed E-state index contributed by atoms with van der Waals surface area (Å²) in [5, 5.41) is 7.59. The maximum atomic E-state index is 6.00. The first-order valence-corrected chi connectivity index (χ1v) is 8.64. The lowest BCUT2D eigenvalue weighted by Gasteiger charge is -2.32. The smallest absolute Gasteiger partial charge is 0.244 e. The minimum Gasteiger partial charge on any atom is -0.340 e. The van der Waals surface area contributed by atoms with Crippen molar-refractivity contribution in [2.75, 3.05) is 18.0 Å². The van der Waals surface area contributed by atoms with E-state index in [9.17, 15) is 0 Å². The molecule has 5 nitrogen and oxygen atoms in total. The number of H-pyrrole nitrogens is 1. The third-order valence-electron chi connectivity index (χ3n) is 5.29. The van der Waals surface area contributed by atoms with Crippen molar-refractivity contribution >= 4 is 5.95 Å². The summed E-state index contributed by atoms with van der Waals surface area (Å²) in [6, 6.07) is 0.307. The number of piperidine rings is 1. The Kier molecular flexibility index (Phi) is 4.78. The molecule has 1 aliphatic carbocycles. The van der Waals surface area contributed by atoms with Crippen molar-refractivity contribution in [3.63, 3.8) is 0 Å². The molecular formula is C16H29N5. The van der Waals surface area contributed by atoms with Crippen LogP contribution >= 0.6 is 0 Å². The number of nitrogens with one attached hydrogen (secondary N) is 1. The number of aromatic amines is 1. The van der Waals surface area contributed by atoms with Crippen LogP contribution in [0.15, 0.2) is 0 Å². The predicted octanol–water partition coefficient (Wildman–Crippen LogP) is 2.49. The van der Waals surface area contributed by atoms with E-state index < -0.39 is 0 Å². The van der Waals surface area contributed by atoms with E-state index >= 15 is 0 Å². The van der Waals surface area contributed by atoms with E-state index in [1.54, 1.807) is 0 Å². The summed E-state index contributed by atoms with van der Waals surface area (Å²) < 4.78 is 0. The van der Waals surface area contributed by atoms with Gasteiger partial charge in [0.05, 0.1) is 0 Å². The zero-order chi connectivity index (χ0) is 14.7. The molecular weight excluding hydrogens is 262 g/mol. The fourth-order valence-corrected chi connectivity index (χ4v) is 3.81. The summed E-state index contributed by atoms with van der Waals surface area (Å²) in [4.78, 5) is 7.03. The number of aromatic nitrogens is 3. The van der Waals surface area contributed by atoms with E-state index in [4.69, 9.17) is 10.7 Å². The molecule has 0 bridgehead atoms. The highest BCUT2D eigenvalue weighted by molar-refractivity contribution is 5.29. The fourth-order valence-electron chi connectivity index (χ4n) is 3.81. The average molecular weight is 291 g/mol. The van der Waals surface area contributed by atoms with Gasteiger partial charge in [-0.1, -0.05) is 32.1 Å². The Morgan fingerprint density at radius 1 is 1.19 bits per heavy atom. The number of nitrogens with two attached hydrogens (primary N) is 1. The van der Waals surface area contributed by atoms with Gasteiger partial charge in [-0.15, -0.1) is 5.10 Å². The van der Waals surface area contributed by atoms with E-state index in [0.717, 1.165) is 50.0 Å². The lowest BCUT2D eigenvalue weighted by atomic mass is 9.87. The van der Waals surface area contributed by atoms with Crippen LogP contribution in [0.3, 0.4) is 0 Å². The number of nitrogens with zero attached hydrogens (tertiary/aromatic N) is 3. The van der Waals surface area contributed by atoms with E-state index in [0.29, 0.717) is 12.0 Å². The molecule has 5 heteroatoms. The second-order valence-electron chi connectivity index (χ2n) is 6.97. The first-order chi connectivity index (χ1) is 10.2. The molecule has 0 aromatic carbocycles. The first-order valence-electron chi connectivity index (χ1n) is 8.64. The van der Waals surface area contributed by atoms with Crippen LogP contribution in [0.4, 0.5) is 5.95 Å². The van der Waals surface area contributed by atoms with Crippen LogP contribution in [-0.4, -0.2) is 34.3 Å². The van der Waals surface area contributed by atoms with Crippen LogP contribution < -0.4 is 10.6 Å². The Balaban J connectivity index is 1.53. The molecule has 3 N–H and O–H groups in total. The van der Waals surface area contributed by atoms with Crippen LogP contribution in [0, 0.1) is 11.8 Å². The highest BCUT2D eigenvalue weighted by Crippen LogP contribution is 2.27. The molecule has 1 unspecified atom stereocenters. The molecule has 21 heavy (non-hydrogen) atoms. The topological polar surface area (TPSA) is 70.8 Å². The van der Waals surface area contributed by atoms with Crippen LogP contribution in [0.25, 0.3) is 0 Å². The molecule has 1 atom stereocenters. The standard InChI is InChI=1S/C16H29N5/c1-12(17)14-7-9-21(10-8-14)16-18-15(19-20-16)11-13-5-3-2-4-6-13/h12-14H,2-11,17H2,1H3,(H,18,19,20). The summed E-state index contributed by atoms with van der Waals surface area (Å²) in [5.41, 5.74) is 6.00. The van der Waals surface area contributed by atoms with Crippen LogP contribution in [-0.2, 0) is 6.42 Å². The largest absolute Gasteiger partial charge is 0.340 e. The molecule has 2 aliphatic rings. The molecule has 1 saturated carbocycles. The van der Waals surface area contributed by atoms with Crippen molar-refractivity contribution in [1.29, 1.82) is 0 Å². The Morgan fingerprint density at radius 2 is 1.90 bits per heavy atom. The summed E-state index contributed by atoms with van der Waals surface area (Å²) in [6.07, 6.45) is 10.3. The molecule has 2 fully saturated rings. The lowest BCUT2D eigenvalue weighted by Crippen LogP contribution is -2.40. The minimum absolute atomic E-state index is 0.307. The van der Waals surface area contributed by atoms with Gasteiger partial charge in [0.2, 0.25) is 5.95 Å². The third-order valence-corrected chi connectivity index (χ3v) is 5.29. The van der Waals surface area contributed by atoms with Crippen LogP contribution in [0.1, 0.15) is 57.7 Å². The number of hydrogen-bond donors (Lipinski definition) is 2. The van der Waals surface area contributed by atoms with Gasteiger partial charge in [0, 0.05) is 25.6 Å². The number of anilines is 1. The van der Waals surface area contributed by atoms with Crippen LogP contribution in [0.2, 0.25) is 0 Å². The molecule has 0 spiro atoms. The van der Waals surface area contributed by atoms with E-state index in [-0.39, 0.29) is 0 Å². The fraction of sp³-hybridized carbons (Fsp3) is 0.875. The van der Waals surface area contributed by atoms with Crippen molar-refractivity contribution in [1.82, 2.24) is 15.2 Å². The third kappa shape index (κ3) is 3.76. The molecule has 1 aromatic heterocycles. The van der Waals surface area contributed by atoms with Gasteiger partial charge in [0.25, 0.3) is 0 Å². The van der Waals surface area contributed by atoms with E-state index in [1.165, 1.54) is 32.1 Å². The van der Waals surface area contributed by atoms with Gasteiger partial charge < -0.3 is 10.6 Å². The lowest BCUT2D eigenvalue weighted by molar-refractivity contribution is 0.350. The SMILES string of the molecule is CC(N)C1CCN(c2n[nH]c(CC3CCCCC3)n2)CC1. The Hall–Kier alpha value is -1.10. The summed E-state index contributed by atoms with van der Waals surface area (Å²) in [7, 11) is 0. The average Bonchev–Trinajstić information content (AvgIpc) is 2.97. The van der Waals surface area contributed by atoms with E-state index in [1.807, 2.05) is 0 Å². The van der Waals surface area contributed by atoms with Crippen molar-refractivity contribution in [3.05, 3.63) is 5.82 Å². The van der Waals surface area contributed by atoms with Gasteiger partial charge in [0.1, 0.15) is 5.82 Å². The Morgan fingerprint density at radius 3 is 2.57 bits per heavy atom. The minimum atomic E-state index is 0.307. The van der Waals surface area contributed by atoms with Gasteiger partial charge in [-0.3, -0.25) is 5.10 Å². The van der Waals surface area contributed by atoms with Gasteiger partial charge in [-0.25, -0.2) is 0 Å². The monoisotopic (exact) mass is 291 g/mol. The van der Waals surface area contributed by atoms with Crippen molar-refractivity contribution in [2.24, 2.45) is 17.6 Å². The second kappa shape index (κ2) is 6.77. The summed E-state index contributed by atoms with van der Waals surface area (Å²) in [5.74, 6) is 3.43. The molecule has 0 amide bonds. The highest BCUT2D eigenvalue weighted by atomic mass is 15.4. The van der Waals surface area contributed by atoms with Gasteiger partial charge in [-0.2, -0.15) is 4.98 Å². The van der Waals surface area contributed by atoms with Crippen molar-refractivity contribution in [3.8, 4) is 0 Å². The van der Waals surface area contributed by atoms with Crippen molar-refractivity contribution < 1.29 is 0 Å². The quantitative estimate of drug-likeness (QED) is 0.894. The first kappa shape index (κ1) is 14.8. The maximum absolute atomic E-state index is 6.00. The number of hydrogen-bond acceptors (Lipinski definition) is 4. The molecule has 0 radical (unpaired) electrons. The molecule has 1 aromatic rings. The van der Waals surface area contributed by atoms with Crippen LogP contribution in [0.5, 0.6) is 0 Å². The summed E-state index contributed by atoms with van der Waals surface area (Å²) >= 11 is 0. The molecule has 2 heterocycles. The molecule has 3 rings (SSSR count).